The molecule has 0 bridgehead atoms. The first-order chi connectivity index (χ1) is 5.79. The topological polar surface area (TPSA) is 68.9 Å². The summed E-state index contributed by atoms with van der Waals surface area (Å²) in [5, 5.41) is 6.62. The summed E-state index contributed by atoms with van der Waals surface area (Å²) in [5.74, 6) is 6.31. The highest BCUT2D eigenvalue weighted by Crippen LogP contribution is 2.25. The van der Waals surface area contributed by atoms with E-state index in [4.69, 9.17) is 22.8 Å². The third-order valence-electron chi connectivity index (χ3n) is 1.95. The molecule has 2 rings (SSSR count). The van der Waals surface area contributed by atoms with Crippen LogP contribution in [-0.4, -0.2) is 21.5 Å². The van der Waals surface area contributed by atoms with Gasteiger partial charge in [-0.25, -0.2) is 4.68 Å². The Morgan fingerprint density at radius 2 is 2.58 bits per heavy atom. The fourth-order valence-electron chi connectivity index (χ4n) is 1.33. The first kappa shape index (κ1) is 7.75. The van der Waals surface area contributed by atoms with Crippen molar-refractivity contribution in [2.75, 3.05) is 12.4 Å². The lowest BCUT2D eigenvalue weighted by atomic mass is 10.2. The van der Waals surface area contributed by atoms with Gasteiger partial charge in [0.15, 0.2) is 5.82 Å². The number of aromatic nitrogens is 3. The van der Waals surface area contributed by atoms with Gasteiger partial charge in [-0.2, -0.15) is 5.10 Å². The third-order valence-corrected chi connectivity index (χ3v) is 2.24. The smallest absolute Gasteiger partial charge is 0.214 e. The van der Waals surface area contributed by atoms with E-state index < -0.39 is 0 Å². The van der Waals surface area contributed by atoms with Gasteiger partial charge in [0.1, 0.15) is 6.10 Å². The summed E-state index contributed by atoms with van der Waals surface area (Å²) in [5.41, 5.74) is 0. The molecule has 6 heteroatoms. The summed E-state index contributed by atoms with van der Waals surface area (Å²) < 4.78 is 7.20. The van der Waals surface area contributed by atoms with Crippen molar-refractivity contribution >= 4 is 12.2 Å². The lowest BCUT2D eigenvalue weighted by molar-refractivity contribution is 0.103. The van der Waals surface area contributed by atoms with Crippen molar-refractivity contribution in [2.45, 2.75) is 18.9 Å². The molecule has 0 spiro atoms. The van der Waals surface area contributed by atoms with Crippen LogP contribution in [0.4, 0.5) is 0 Å². The van der Waals surface area contributed by atoms with Crippen LogP contribution in [0.25, 0.3) is 0 Å². The highest BCUT2D eigenvalue weighted by molar-refractivity contribution is 7.71. The van der Waals surface area contributed by atoms with E-state index in [0.29, 0.717) is 10.6 Å². The molecule has 0 radical (unpaired) electrons. The molecule has 1 saturated heterocycles. The number of nitrogen functional groups attached to an aromatic ring is 1. The second-order valence-corrected chi connectivity index (χ2v) is 3.15. The predicted molar refractivity (Wildman–Crippen MR) is 45.5 cm³/mol. The third kappa shape index (κ3) is 1.12. The summed E-state index contributed by atoms with van der Waals surface area (Å²) in [6.45, 7) is 0.782. The first-order valence-electron chi connectivity index (χ1n) is 3.83. The number of rotatable bonds is 1. The number of nitrogens with one attached hydrogen (secondary N) is 1. The molecule has 3 N–H and O–H groups in total. The molecule has 1 aliphatic heterocycles. The van der Waals surface area contributed by atoms with Crippen molar-refractivity contribution in [1.29, 1.82) is 0 Å². The molecule has 0 aromatic carbocycles. The van der Waals surface area contributed by atoms with Gasteiger partial charge in [0.05, 0.1) is 0 Å². The maximum absolute atomic E-state index is 5.62. The van der Waals surface area contributed by atoms with E-state index in [-0.39, 0.29) is 6.10 Å². The fourth-order valence-corrected chi connectivity index (χ4v) is 1.46. The average Bonchev–Trinajstić information content (AvgIpc) is 2.64. The van der Waals surface area contributed by atoms with E-state index in [0.717, 1.165) is 19.4 Å². The molecular weight excluding hydrogens is 176 g/mol. The highest BCUT2D eigenvalue weighted by atomic mass is 32.1. The molecule has 2 heterocycles. The van der Waals surface area contributed by atoms with Crippen LogP contribution in [0.15, 0.2) is 0 Å². The molecule has 12 heavy (non-hydrogen) atoms. The van der Waals surface area contributed by atoms with Gasteiger partial charge in [-0.1, -0.05) is 0 Å². The SMILES string of the molecule is Nn1c(C2CCCO2)n[nH]c1=S. The van der Waals surface area contributed by atoms with Gasteiger partial charge in [-0.3, -0.25) is 5.10 Å². The molecule has 1 atom stereocenters. The van der Waals surface area contributed by atoms with Crippen molar-refractivity contribution in [2.24, 2.45) is 0 Å². The summed E-state index contributed by atoms with van der Waals surface area (Å²) >= 11 is 4.87. The molecule has 1 fully saturated rings. The maximum Gasteiger partial charge on any atom is 0.214 e. The first-order valence-corrected chi connectivity index (χ1v) is 4.24. The minimum Gasteiger partial charge on any atom is -0.370 e. The lowest BCUT2D eigenvalue weighted by Crippen LogP contribution is -2.15. The zero-order valence-corrected chi connectivity index (χ0v) is 7.30. The summed E-state index contributed by atoms with van der Waals surface area (Å²) in [6, 6.07) is 0. The number of ether oxygens (including phenoxy) is 1. The van der Waals surface area contributed by atoms with Crippen LogP contribution in [0.5, 0.6) is 0 Å². The lowest BCUT2D eigenvalue weighted by Gasteiger charge is -2.06. The van der Waals surface area contributed by atoms with E-state index >= 15 is 0 Å². The Balaban J connectivity index is 2.32. The number of hydrogen-bond acceptors (Lipinski definition) is 4. The van der Waals surface area contributed by atoms with Crippen molar-refractivity contribution in [3.63, 3.8) is 0 Å². The number of hydrogen-bond donors (Lipinski definition) is 2. The van der Waals surface area contributed by atoms with Crippen LogP contribution in [0, 0.1) is 4.77 Å². The highest BCUT2D eigenvalue weighted by Gasteiger charge is 2.22. The van der Waals surface area contributed by atoms with Crippen molar-refractivity contribution in [1.82, 2.24) is 14.9 Å². The zero-order chi connectivity index (χ0) is 8.55. The molecule has 1 unspecified atom stereocenters. The average molecular weight is 186 g/mol. The molecule has 5 nitrogen and oxygen atoms in total. The van der Waals surface area contributed by atoms with Crippen LogP contribution in [0.3, 0.4) is 0 Å². The van der Waals surface area contributed by atoms with Crippen LogP contribution in [0.2, 0.25) is 0 Å². The molecular formula is C6H10N4OS. The molecule has 0 aliphatic carbocycles. The quantitative estimate of drug-likeness (QED) is 0.495. The van der Waals surface area contributed by atoms with Crippen LogP contribution >= 0.6 is 12.2 Å². The Hall–Kier alpha value is -0.880. The standard InChI is InChI=1S/C6H10N4OS/c7-10-5(8-9-6(10)12)4-2-1-3-11-4/h4H,1-3,7H2,(H,9,12). The van der Waals surface area contributed by atoms with Crippen molar-refractivity contribution in [3.8, 4) is 0 Å². The summed E-state index contributed by atoms with van der Waals surface area (Å²) in [7, 11) is 0. The monoisotopic (exact) mass is 186 g/mol. The Morgan fingerprint density at radius 1 is 1.75 bits per heavy atom. The normalized spacial score (nSPS) is 23.2. The Kier molecular flexibility index (Phi) is 1.86. The van der Waals surface area contributed by atoms with Gasteiger partial charge < -0.3 is 10.6 Å². The molecule has 66 valence electrons. The van der Waals surface area contributed by atoms with Crippen LogP contribution in [0.1, 0.15) is 24.8 Å². The molecule has 0 amide bonds. The van der Waals surface area contributed by atoms with Crippen molar-refractivity contribution < 1.29 is 4.74 Å². The number of nitrogens with two attached hydrogens (primary N) is 1. The van der Waals surface area contributed by atoms with Gasteiger partial charge in [-0.15, -0.1) is 0 Å². The second-order valence-electron chi connectivity index (χ2n) is 2.76. The van der Waals surface area contributed by atoms with Crippen molar-refractivity contribution in [3.05, 3.63) is 10.6 Å². The second kappa shape index (κ2) is 2.87. The Bertz CT molecular complexity index is 325. The van der Waals surface area contributed by atoms with E-state index in [1.807, 2.05) is 0 Å². The summed E-state index contributed by atoms with van der Waals surface area (Å²) in [4.78, 5) is 0. The van der Waals surface area contributed by atoms with Gasteiger partial charge in [0.25, 0.3) is 0 Å². The Labute approximate surface area is 74.5 Å². The number of nitrogens with zero attached hydrogens (tertiary/aromatic N) is 2. The molecule has 1 aromatic heterocycles. The maximum atomic E-state index is 5.62. The largest absolute Gasteiger partial charge is 0.370 e. The minimum absolute atomic E-state index is 0.0166. The molecule has 1 aliphatic rings. The van der Waals surface area contributed by atoms with Gasteiger partial charge in [0, 0.05) is 6.61 Å². The van der Waals surface area contributed by atoms with E-state index in [1.54, 1.807) is 0 Å². The Morgan fingerprint density at radius 3 is 3.08 bits per heavy atom. The molecule has 0 saturated carbocycles. The summed E-state index contributed by atoms with van der Waals surface area (Å²) in [6.07, 6.45) is 2.05. The van der Waals surface area contributed by atoms with E-state index in [9.17, 15) is 0 Å². The zero-order valence-electron chi connectivity index (χ0n) is 6.49. The number of aromatic amines is 1. The van der Waals surface area contributed by atoms with Crippen LogP contribution < -0.4 is 5.84 Å². The predicted octanol–water partition coefficient (Wildman–Crippen LogP) is 0.506. The van der Waals surface area contributed by atoms with E-state index in [2.05, 4.69) is 10.2 Å². The number of H-pyrrole nitrogens is 1. The van der Waals surface area contributed by atoms with Gasteiger partial charge >= 0.3 is 0 Å². The molecule has 1 aromatic rings. The van der Waals surface area contributed by atoms with Gasteiger partial charge in [0.2, 0.25) is 4.77 Å². The van der Waals surface area contributed by atoms with Gasteiger partial charge in [-0.05, 0) is 25.1 Å². The fraction of sp³-hybridized carbons (Fsp3) is 0.667. The van der Waals surface area contributed by atoms with E-state index in [1.165, 1.54) is 4.68 Å². The minimum atomic E-state index is 0.0166. The van der Waals surface area contributed by atoms with Crippen LogP contribution in [-0.2, 0) is 4.74 Å².